The Morgan fingerprint density at radius 1 is 0.800 bits per heavy atom. The van der Waals surface area contributed by atoms with E-state index in [2.05, 4.69) is 134 Å². The van der Waals surface area contributed by atoms with Gasteiger partial charge in [-0.25, -0.2) is 4.79 Å². The van der Waals surface area contributed by atoms with Crippen molar-refractivity contribution in [2.45, 2.75) is 39.0 Å². The van der Waals surface area contributed by atoms with Gasteiger partial charge in [0.15, 0.2) is 0 Å². The van der Waals surface area contributed by atoms with Crippen molar-refractivity contribution in [3.05, 3.63) is 155 Å². The summed E-state index contributed by atoms with van der Waals surface area (Å²) >= 11 is 0. The van der Waals surface area contributed by atoms with Gasteiger partial charge in [0, 0.05) is 11.1 Å². The summed E-state index contributed by atoms with van der Waals surface area (Å²) in [7, 11) is 0. The van der Waals surface area contributed by atoms with Crippen LogP contribution in [0.25, 0.3) is 38.7 Å². The molecule has 1 aliphatic carbocycles. The molecule has 1 aliphatic rings. The fourth-order valence-corrected chi connectivity index (χ4v) is 7.16. The van der Waals surface area contributed by atoms with Gasteiger partial charge in [-0.2, -0.15) is 0 Å². The Balaban J connectivity index is 1.43. The molecule has 0 spiro atoms. The van der Waals surface area contributed by atoms with E-state index < -0.39 is 11.5 Å². The molecule has 0 fully saturated rings. The number of anilines is 1. The number of carbonyl (C=O) groups is 1. The summed E-state index contributed by atoms with van der Waals surface area (Å²) in [5, 5.41) is 8.04. The van der Waals surface area contributed by atoms with Crippen LogP contribution < -0.4 is 5.32 Å². The molecule has 222 valence electrons. The molecule has 1 amide bonds. The Kier molecular flexibility index (Phi) is 7.47. The van der Waals surface area contributed by atoms with Gasteiger partial charge in [0.1, 0.15) is 0 Å². The van der Waals surface area contributed by atoms with Crippen molar-refractivity contribution in [1.29, 1.82) is 0 Å². The Labute approximate surface area is 265 Å². The maximum Gasteiger partial charge on any atom is 0.411 e. The topological polar surface area (TPSA) is 38.3 Å². The van der Waals surface area contributed by atoms with Gasteiger partial charge in [-0.1, -0.05) is 115 Å². The summed E-state index contributed by atoms with van der Waals surface area (Å²) in [4.78, 5) is 12.0. The average molecular weight is 588 g/mol. The van der Waals surface area contributed by atoms with Crippen LogP contribution in [-0.2, 0) is 23.0 Å². The molecule has 0 aromatic heterocycles. The molecule has 0 radical (unpaired) electrons. The molecule has 7 rings (SSSR count). The lowest BCUT2D eigenvalue weighted by Crippen LogP contribution is -2.21. The lowest BCUT2D eigenvalue weighted by molar-refractivity contribution is 0.168. The first-order chi connectivity index (χ1) is 22.0. The SMILES string of the molecule is CCOC(=O)Nc1ccc(C(C)(/C=C\c2c3c(c4ccc5ccccc5c4c2C)-c2ccccc2CC3)c2ccccc2)cc1. The van der Waals surface area contributed by atoms with Crippen molar-refractivity contribution in [2.24, 2.45) is 0 Å². The number of allylic oxidation sites excluding steroid dienone is 1. The number of nitrogens with one attached hydrogen (secondary N) is 1. The lowest BCUT2D eigenvalue weighted by atomic mass is 9.74. The number of fused-ring (bicyclic) bond motifs is 7. The zero-order chi connectivity index (χ0) is 31.0. The summed E-state index contributed by atoms with van der Waals surface area (Å²) in [6, 6.07) is 41.0. The highest BCUT2D eigenvalue weighted by Gasteiger charge is 2.28. The van der Waals surface area contributed by atoms with Crippen molar-refractivity contribution < 1.29 is 9.53 Å². The first-order valence-electron chi connectivity index (χ1n) is 15.8. The third-order valence-electron chi connectivity index (χ3n) is 9.50. The van der Waals surface area contributed by atoms with Gasteiger partial charge in [0.2, 0.25) is 0 Å². The Morgan fingerprint density at radius 2 is 1.51 bits per heavy atom. The van der Waals surface area contributed by atoms with Crippen LogP contribution in [0.5, 0.6) is 0 Å². The van der Waals surface area contributed by atoms with Crippen LogP contribution in [-0.4, -0.2) is 12.7 Å². The highest BCUT2D eigenvalue weighted by Crippen LogP contribution is 2.45. The smallest absolute Gasteiger partial charge is 0.411 e. The van der Waals surface area contributed by atoms with Crippen molar-refractivity contribution in [3.8, 4) is 11.1 Å². The highest BCUT2D eigenvalue weighted by molar-refractivity contribution is 6.16. The van der Waals surface area contributed by atoms with Gasteiger partial charge in [-0.05, 0) is 112 Å². The summed E-state index contributed by atoms with van der Waals surface area (Å²) < 4.78 is 5.07. The normalized spacial score (nSPS) is 13.8. The molecular formula is C42H37NO2. The van der Waals surface area contributed by atoms with Gasteiger partial charge in [0.25, 0.3) is 0 Å². The molecule has 1 unspecified atom stereocenters. The second-order valence-electron chi connectivity index (χ2n) is 12.1. The Hall–Kier alpha value is -5.15. The van der Waals surface area contributed by atoms with Crippen LogP contribution >= 0.6 is 0 Å². The number of hydrogen-bond acceptors (Lipinski definition) is 2. The van der Waals surface area contributed by atoms with Crippen molar-refractivity contribution in [1.82, 2.24) is 0 Å². The minimum atomic E-state index is -0.443. The summed E-state index contributed by atoms with van der Waals surface area (Å²) in [6.45, 7) is 6.71. The van der Waals surface area contributed by atoms with Gasteiger partial charge < -0.3 is 4.74 Å². The third kappa shape index (κ3) is 5.09. The number of ether oxygens (including phenoxy) is 1. The molecule has 6 aromatic rings. The van der Waals surface area contributed by atoms with E-state index in [0.717, 1.165) is 18.4 Å². The molecule has 1 atom stereocenters. The van der Waals surface area contributed by atoms with Crippen LogP contribution in [0.4, 0.5) is 10.5 Å². The third-order valence-corrected chi connectivity index (χ3v) is 9.50. The van der Waals surface area contributed by atoms with E-state index >= 15 is 0 Å². The van der Waals surface area contributed by atoms with Crippen molar-refractivity contribution in [2.75, 3.05) is 11.9 Å². The fraction of sp³-hybridized carbons (Fsp3) is 0.167. The summed E-state index contributed by atoms with van der Waals surface area (Å²) in [5.41, 5.74) is 10.8. The monoisotopic (exact) mass is 587 g/mol. The second kappa shape index (κ2) is 11.7. The molecule has 3 heteroatoms. The molecule has 0 heterocycles. The van der Waals surface area contributed by atoms with Gasteiger partial charge >= 0.3 is 6.09 Å². The van der Waals surface area contributed by atoms with Gasteiger partial charge in [-0.3, -0.25) is 5.32 Å². The lowest BCUT2D eigenvalue weighted by Gasteiger charge is -2.29. The molecule has 0 bridgehead atoms. The molecule has 3 nitrogen and oxygen atoms in total. The molecule has 45 heavy (non-hydrogen) atoms. The average Bonchev–Trinajstić information content (AvgIpc) is 3.08. The minimum Gasteiger partial charge on any atom is -0.450 e. The van der Waals surface area contributed by atoms with Crippen molar-refractivity contribution in [3.63, 3.8) is 0 Å². The summed E-state index contributed by atoms with van der Waals surface area (Å²) in [6.07, 6.45) is 6.35. The minimum absolute atomic E-state index is 0.333. The summed E-state index contributed by atoms with van der Waals surface area (Å²) in [5.74, 6) is 0. The van der Waals surface area contributed by atoms with Crippen molar-refractivity contribution >= 4 is 39.4 Å². The Morgan fingerprint density at radius 3 is 2.31 bits per heavy atom. The predicted octanol–water partition coefficient (Wildman–Crippen LogP) is 10.7. The molecule has 0 saturated heterocycles. The number of rotatable bonds is 6. The fourth-order valence-electron chi connectivity index (χ4n) is 7.16. The first-order valence-corrected chi connectivity index (χ1v) is 15.8. The van der Waals surface area contributed by atoms with Gasteiger partial charge in [0.05, 0.1) is 6.61 Å². The van der Waals surface area contributed by atoms with Gasteiger partial charge in [-0.15, -0.1) is 0 Å². The van der Waals surface area contributed by atoms with E-state index in [-0.39, 0.29) is 0 Å². The second-order valence-corrected chi connectivity index (χ2v) is 12.1. The van der Waals surface area contributed by atoms with Crippen LogP contribution in [0.1, 0.15) is 47.2 Å². The van der Waals surface area contributed by atoms with E-state index in [0.29, 0.717) is 12.3 Å². The molecule has 0 aliphatic heterocycles. The predicted molar refractivity (Wildman–Crippen MR) is 188 cm³/mol. The maximum atomic E-state index is 12.0. The molecule has 0 saturated carbocycles. The molecule has 1 N–H and O–H groups in total. The molecule has 6 aromatic carbocycles. The van der Waals surface area contributed by atoms with E-state index in [1.807, 2.05) is 12.1 Å². The largest absolute Gasteiger partial charge is 0.450 e. The van der Waals surface area contributed by atoms with Crippen LogP contribution in [0.15, 0.2) is 121 Å². The van der Waals surface area contributed by atoms with Crippen LogP contribution in [0.3, 0.4) is 0 Å². The number of aryl methyl sites for hydroxylation is 2. The number of benzene rings is 6. The molecular weight excluding hydrogens is 550 g/mol. The highest BCUT2D eigenvalue weighted by atomic mass is 16.5. The number of amides is 1. The number of hydrogen-bond donors (Lipinski definition) is 1. The number of carbonyl (C=O) groups excluding carboxylic acids is 1. The standard InChI is InChI=1S/C42H37NO2/c1-4-45-41(44)43-33-22-20-32(21-23-33)42(3,31-14-6-5-7-15-31)27-26-34-28(2)39-35-16-10-8-12-29(35)19-25-38(39)40-36-17-11-9-13-30(36)18-24-37(34)40/h5-17,19-23,25-27H,4,18,24H2,1-3H3,(H,43,44)/b27-26-. The maximum absolute atomic E-state index is 12.0. The first kappa shape index (κ1) is 28.6. The van der Waals surface area contributed by atoms with Crippen LogP contribution in [0, 0.1) is 6.92 Å². The quantitative estimate of drug-likeness (QED) is 0.197. The Bertz CT molecular complexity index is 2080. The van der Waals surface area contributed by atoms with E-state index in [1.54, 1.807) is 6.92 Å². The van der Waals surface area contributed by atoms with E-state index in [9.17, 15) is 4.79 Å². The van der Waals surface area contributed by atoms with E-state index in [1.165, 1.54) is 60.5 Å². The zero-order valence-corrected chi connectivity index (χ0v) is 26.1. The van der Waals surface area contributed by atoms with Crippen LogP contribution in [0.2, 0.25) is 0 Å². The zero-order valence-electron chi connectivity index (χ0n) is 26.1. The van der Waals surface area contributed by atoms with E-state index in [4.69, 9.17) is 4.74 Å².